The third-order valence-corrected chi connectivity index (χ3v) is 5.89. The van der Waals surface area contributed by atoms with Crippen molar-refractivity contribution in [2.75, 3.05) is 25.2 Å². The second-order valence-corrected chi connectivity index (χ2v) is 7.77. The van der Waals surface area contributed by atoms with Gasteiger partial charge in [0.05, 0.1) is 12.8 Å². The summed E-state index contributed by atoms with van der Waals surface area (Å²) in [6.45, 7) is 0.936. The van der Waals surface area contributed by atoms with E-state index in [-0.39, 0.29) is 0 Å². The van der Waals surface area contributed by atoms with Crippen LogP contribution in [0.3, 0.4) is 0 Å². The first-order chi connectivity index (χ1) is 13.2. The van der Waals surface area contributed by atoms with E-state index in [2.05, 4.69) is 35.8 Å². The number of methoxy groups -OCH3 is 1. The van der Waals surface area contributed by atoms with Gasteiger partial charge in [-0.3, -0.25) is 0 Å². The average molecular weight is 400 g/mol. The molecule has 0 amide bonds. The summed E-state index contributed by atoms with van der Waals surface area (Å²) in [6.07, 6.45) is 5.40. The second-order valence-electron chi connectivity index (χ2n) is 6.49. The van der Waals surface area contributed by atoms with Crippen molar-refractivity contribution in [2.45, 2.75) is 24.2 Å². The number of fused-ring (bicyclic) bond motifs is 1. The highest BCUT2D eigenvalue weighted by Crippen LogP contribution is 2.39. The molecular formula is C21H22ClN3OS. The Morgan fingerprint density at radius 1 is 1.19 bits per heavy atom. The predicted molar refractivity (Wildman–Crippen MR) is 114 cm³/mol. The number of nitrogens with zero attached hydrogens (tertiary/aromatic N) is 2. The predicted octanol–water partition coefficient (Wildman–Crippen LogP) is 5.67. The molecular weight excluding hydrogens is 378 g/mol. The summed E-state index contributed by atoms with van der Waals surface area (Å²) >= 11 is 8.04. The lowest BCUT2D eigenvalue weighted by Crippen LogP contribution is -2.08. The first-order valence-electron chi connectivity index (χ1n) is 9.06. The van der Waals surface area contributed by atoms with E-state index in [0.29, 0.717) is 5.02 Å². The molecule has 0 atom stereocenters. The molecule has 0 saturated carbocycles. The molecule has 3 aromatic rings. The lowest BCUT2D eigenvalue weighted by molar-refractivity contribution is 0.412. The Morgan fingerprint density at radius 3 is 2.85 bits per heavy atom. The van der Waals surface area contributed by atoms with Gasteiger partial charge in [-0.2, -0.15) is 5.10 Å². The summed E-state index contributed by atoms with van der Waals surface area (Å²) in [5.41, 5.74) is 4.32. The molecule has 0 saturated heterocycles. The van der Waals surface area contributed by atoms with Gasteiger partial charge in [0.15, 0.2) is 0 Å². The SMILES string of the molecule is COc1ccc(Cl)cc1-n1nc(-c2ccccc2SC)c2c1NCCCC2. The fraction of sp³-hybridized carbons (Fsp3) is 0.286. The van der Waals surface area contributed by atoms with E-state index >= 15 is 0 Å². The molecule has 140 valence electrons. The van der Waals surface area contributed by atoms with E-state index in [1.165, 1.54) is 16.0 Å². The van der Waals surface area contributed by atoms with Gasteiger partial charge >= 0.3 is 0 Å². The van der Waals surface area contributed by atoms with Gasteiger partial charge in [0, 0.05) is 27.6 Å². The van der Waals surface area contributed by atoms with Gasteiger partial charge in [0.1, 0.15) is 17.3 Å². The van der Waals surface area contributed by atoms with Crippen LogP contribution in [-0.2, 0) is 6.42 Å². The van der Waals surface area contributed by atoms with Crippen molar-refractivity contribution in [3.05, 3.63) is 53.1 Å². The van der Waals surface area contributed by atoms with Crippen molar-refractivity contribution in [3.8, 4) is 22.7 Å². The number of aromatic nitrogens is 2. The molecule has 27 heavy (non-hydrogen) atoms. The fourth-order valence-corrected chi connectivity index (χ4v) is 4.33. The smallest absolute Gasteiger partial charge is 0.144 e. The van der Waals surface area contributed by atoms with Crippen LogP contribution in [0.1, 0.15) is 18.4 Å². The maximum absolute atomic E-state index is 6.29. The van der Waals surface area contributed by atoms with E-state index in [4.69, 9.17) is 21.4 Å². The molecule has 0 bridgehead atoms. The highest BCUT2D eigenvalue weighted by molar-refractivity contribution is 7.98. The van der Waals surface area contributed by atoms with Crippen molar-refractivity contribution in [1.82, 2.24) is 9.78 Å². The number of halogens is 1. The molecule has 1 N–H and O–H groups in total. The Kier molecular flexibility index (Phi) is 5.32. The summed E-state index contributed by atoms with van der Waals surface area (Å²) in [5, 5.41) is 9.28. The van der Waals surface area contributed by atoms with E-state index in [1.807, 2.05) is 22.9 Å². The van der Waals surface area contributed by atoms with Crippen molar-refractivity contribution < 1.29 is 4.74 Å². The van der Waals surface area contributed by atoms with Gasteiger partial charge in [0.2, 0.25) is 0 Å². The second kappa shape index (κ2) is 7.87. The Hall–Kier alpha value is -2.11. The zero-order chi connectivity index (χ0) is 18.8. The molecule has 0 fully saturated rings. The fourth-order valence-electron chi connectivity index (χ4n) is 3.56. The Morgan fingerprint density at radius 2 is 2.04 bits per heavy atom. The number of anilines is 1. The highest BCUT2D eigenvalue weighted by Gasteiger charge is 2.24. The number of nitrogens with one attached hydrogen (secondary N) is 1. The van der Waals surface area contributed by atoms with Crippen LogP contribution in [0.15, 0.2) is 47.4 Å². The van der Waals surface area contributed by atoms with E-state index in [0.717, 1.165) is 48.8 Å². The number of benzene rings is 2. The lowest BCUT2D eigenvalue weighted by atomic mass is 10.0. The van der Waals surface area contributed by atoms with Crippen molar-refractivity contribution in [2.24, 2.45) is 0 Å². The molecule has 0 aliphatic carbocycles. The number of thioether (sulfide) groups is 1. The van der Waals surface area contributed by atoms with Crippen molar-refractivity contribution in [3.63, 3.8) is 0 Å². The molecule has 2 heterocycles. The maximum Gasteiger partial charge on any atom is 0.144 e. The largest absolute Gasteiger partial charge is 0.494 e. The molecule has 0 radical (unpaired) electrons. The van der Waals surface area contributed by atoms with Crippen LogP contribution in [0.4, 0.5) is 5.82 Å². The number of ether oxygens (including phenoxy) is 1. The van der Waals surface area contributed by atoms with Crippen LogP contribution in [0.2, 0.25) is 5.02 Å². The lowest BCUT2D eigenvalue weighted by Gasteiger charge is -2.13. The number of hydrogen-bond donors (Lipinski definition) is 1. The molecule has 2 aromatic carbocycles. The first kappa shape index (κ1) is 18.3. The summed E-state index contributed by atoms with van der Waals surface area (Å²) in [6, 6.07) is 14.1. The first-order valence-corrected chi connectivity index (χ1v) is 10.7. The molecule has 4 nitrogen and oxygen atoms in total. The summed E-state index contributed by atoms with van der Waals surface area (Å²) in [5.74, 6) is 1.79. The molecule has 1 aliphatic rings. The summed E-state index contributed by atoms with van der Waals surface area (Å²) in [7, 11) is 1.67. The average Bonchev–Trinajstić information content (AvgIpc) is 2.88. The Labute approximate surface area is 168 Å². The van der Waals surface area contributed by atoms with Gasteiger partial charge in [-0.15, -0.1) is 11.8 Å². The van der Waals surface area contributed by atoms with E-state index < -0.39 is 0 Å². The van der Waals surface area contributed by atoms with Gasteiger partial charge in [-0.25, -0.2) is 4.68 Å². The van der Waals surface area contributed by atoms with Crippen LogP contribution in [0, 0.1) is 0 Å². The normalized spacial score (nSPS) is 13.6. The van der Waals surface area contributed by atoms with Crippen LogP contribution < -0.4 is 10.1 Å². The minimum Gasteiger partial charge on any atom is -0.494 e. The summed E-state index contributed by atoms with van der Waals surface area (Å²) in [4.78, 5) is 1.23. The Bertz CT molecular complexity index is 970. The quantitative estimate of drug-likeness (QED) is 0.573. The molecule has 6 heteroatoms. The monoisotopic (exact) mass is 399 g/mol. The highest BCUT2D eigenvalue weighted by atomic mass is 35.5. The topological polar surface area (TPSA) is 39.1 Å². The molecule has 0 spiro atoms. The zero-order valence-electron chi connectivity index (χ0n) is 15.5. The van der Waals surface area contributed by atoms with Crippen molar-refractivity contribution >= 4 is 29.2 Å². The molecule has 4 rings (SSSR count). The zero-order valence-corrected chi connectivity index (χ0v) is 17.0. The Balaban J connectivity index is 1.97. The van der Waals surface area contributed by atoms with Gasteiger partial charge in [0.25, 0.3) is 0 Å². The summed E-state index contributed by atoms with van der Waals surface area (Å²) < 4.78 is 7.54. The molecule has 0 unspecified atom stereocenters. The minimum atomic E-state index is 0.662. The van der Waals surface area contributed by atoms with Crippen molar-refractivity contribution in [1.29, 1.82) is 0 Å². The standard InChI is InChI=1S/C21H22ClN3OS/c1-26-18-11-10-14(22)13-17(18)25-21-16(8-5-6-12-23-21)20(24-25)15-7-3-4-9-19(15)27-2/h3-4,7,9-11,13,23H,5-6,8,12H2,1-2H3. The van der Waals surface area contributed by atoms with E-state index in [1.54, 1.807) is 18.9 Å². The van der Waals surface area contributed by atoms with Gasteiger partial charge in [-0.05, 0) is 49.8 Å². The molecule has 1 aliphatic heterocycles. The third kappa shape index (κ3) is 3.42. The van der Waals surface area contributed by atoms with Crippen LogP contribution in [0.5, 0.6) is 5.75 Å². The third-order valence-electron chi connectivity index (χ3n) is 4.86. The van der Waals surface area contributed by atoms with Crippen LogP contribution >= 0.6 is 23.4 Å². The number of hydrogen-bond acceptors (Lipinski definition) is 4. The van der Waals surface area contributed by atoms with E-state index in [9.17, 15) is 0 Å². The van der Waals surface area contributed by atoms with Crippen LogP contribution in [0.25, 0.3) is 16.9 Å². The molecule has 1 aromatic heterocycles. The number of rotatable bonds is 4. The minimum absolute atomic E-state index is 0.662. The van der Waals surface area contributed by atoms with Crippen LogP contribution in [-0.4, -0.2) is 29.7 Å². The maximum atomic E-state index is 6.29. The van der Waals surface area contributed by atoms with Gasteiger partial charge < -0.3 is 10.1 Å². The van der Waals surface area contributed by atoms with Gasteiger partial charge in [-0.1, -0.05) is 29.8 Å².